The Labute approximate surface area is 176 Å². The number of nitrogens with zero attached hydrogens (tertiary/aromatic N) is 4. The molecule has 0 saturated carbocycles. The number of esters is 1. The van der Waals surface area contributed by atoms with E-state index < -0.39 is 0 Å². The van der Waals surface area contributed by atoms with Crippen LogP contribution in [0.25, 0.3) is 22.2 Å². The Hall–Kier alpha value is -3.19. The van der Waals surface area contributed by atoms with E-state index in [1.54, 1.807) is 7.11 Å². The lowest BCUT2D eigenvalue weighted by molar-refractivity contribution is -0.144. The van der Waals surface area contributed by atoms with E-state index in [0.717, 1.165) is 48.5 Å². The zero-order valence-electron chi connectivity index (χ0n) is 17.4. The van der Waals surface area contributed by atoms with Crippen LogP contribution in [0.2, 0.25) is 0 Å². The largest absolute Gasteiger partial charge is 0.481 e. The first kappa shape index (κ1) is 20.1. The zero-order valence-corrected chi connectivity index (χ0v) is 17.4. The number of hydrogen-bond acceptors (Lipinski definition) is 7. The molecule has 3 aromatic rings. The minimum absolute atomic E-state index is 0.170. The van der Waals surface area contributed by atoms with Gasteiger partial charge in [0.2, 0.25) is 5.88 Å². The van der Waals surface area contributed by atoms with E-state index >= 15 is 0 Å². The Balaban J connectivity index is 1.64. The van der Waals surface area contributed by atoms with E-state index in [4.69, 9.17) is 14.5 Å². The van der Waals surface area contributed by atoms with E-state index in [1.807, 2.05) is 37.3 Å². The van der Waals surface area contributed by atoms with Crippen LogP contribution in [0.1, 0.15) is 6.92 Å². The van der Waals surface area contributed by atoms with Crippen LogP contribution >= 0.6 is 0 Å². The summed E-state index contributed by atoms with van der Waals surface area (Å²) in [5, 5.41) is 0.972. The summed E-state index contributed by atoms with van der Waals surface area (Å²) in [5.74, 6) is 1.29. The first-order valence-corrected chi connectivity index (χ1v) is 10.2. The van der Waals surface area contributed by atoms with Crippen molar-refractivity contribution >= 4 is 22.8 Å². The van der Waals surface area contributed by atoms with E-state index in [0.29, 0.717) is 24.7 Å². The monoisotopic (exact) mass is 406 g/mol. The van der Waals surface area contributed by atoms with Crippen LogP contribution in [0.15, 0.2) is 48.5 Å². The van der Waals surface area contributed by atoms with Gasteiger partial charge in [-0.3, -0.25) is 9.69 Å². The lowest BCUT2D eigenvalue weighted by Crippen LogP contribution is -2.48. The molecule has 7 heteroatoms. The highest BCUT2D eigenvalue weighted by atomic mass is 16.5. The van der Waals surface area contributed by atoms with Crippen LogP contribution in [0.4, 0.5) is 5.82 Å². The summed E-state index contributed by atoms with van der Waals surface area (Å²) >= 11 is 0. The Morgan fingerprint density at radius 3 is 2.50 bits per heavy atom. The van der Waals surface area contributed by atoms with Gasteiger partial charge in [0, 0.05) is 43.2 Å². The number of pyridine rings is 2. The molecule has 0 aliphatic carbocycles. The summed E-state index contributed by atoms with van der Waals surface area (Å²) in [7, 11) is 1.61. The van der Waals surface area contributed by atoms with E-state index in [2.05, 4.69) is 33.0 Å². The fraction of sp³-hybridized carbons (Fsp3) is 0.348. The summed E-state index contributed by atoms with van der Waals surface area (Å²) in [6.07, 6.45) is 0. The molecule has 156 valence electrons. The second-order valence-electron chi connectivity index (χ2n) is 7.19. The number of anilines is 1. The summed E-state index contributed by atoms with van der Waals surface area (Å²) in [5.41, 5.74) is 2.86. The van der Waals surface area contributed by atoms with Crippen LogP contribution in [0, 0.1) is 0 Å². The number of carbonyl (C=O) groups is 1. The number of piperazine rings is 1. The van der Waals surface area contributed by atoms with Crippen LogP contribution < -0.4 is 9.64 Å². The summed E-state index contributed by atoms with van der Waals surface area (Å²) in [4.78, 5) is 25.6. The second-order valence-corrected chi connectivity index (χ2v) is 7.19. The third-order valence-corrected chi connectivity index (χ3v) is 5.26. The Morgan fingerprint density at radius 2 is 1.80 bits per heavy atom. The average molecular weight is 406 g/mol. The van der Waals surface area contributed by atoms with Crippen LogP contribution in [-0.2, 0) is 9.53 Å². The average Bonchev–Trinajstić information content (AvgIpc) is 2.79. The van der Waals surface area contributed by atoms with Gasteiger partial charge in [0.15, 0.2) is 5.65 Å². The summed E-state index contributed by atoms with van der Waals surface area (Å²) < 4.78 is 10.4. The maximum Gasteiger partial charge on any atom is 0.320 e. The molecule has 0 unspecified atom stereocenters. The van der Waals surface area contributed by atoms with Gasteiger partial charge in [0.1, 0.15) is 5.82 Å². The molecule has 7 nitrogen and oxygen atoms in total. The zero-order chi connectivity index (χ0) is 20.9. The van der Waals surface area contributed by atoms with E-state index in [9.17, 15) is 4.79 Å². The molecule has 1 fully saturated rings. The van der Waals surface area contributed by atoms with Crippen molar-refractivity contribution in [1.82, 2.24) is 14.9 Å². The fourth-order valence-corrected chi connectivity index (χ4v) is 3.72. The maximum absolute atomic E-state index is 11.8. The molecule has 30 heavy (non-hydrogen) atoms. The van der Waals surface area contributed by atoms with Crippen LogP contribution in [0.3, 0.4) is 0 Å². The van der Waals surface area contributed by atoms with Crippen LogP contribution in [0.5, 0.6) is 5.88 Å². The minimum atomic E-state index is -0.170. The molecule has 1 aliphatic rings. The van der Waals surface area contributed by atoms with E-state index in [1.165, 1.54) is 0 Å². The third-order valence-electron chi connectivity index (χ3n) is 5.26. The smallest absolute Gasteiger partial charge is 0.320 e. The molecule has 4 rings (SSSR count). The van der Waals surface area contributed by atoms with Gasteiger partial charge in [-0.15, -0.1) is 0 Å². The number of aromatic nitrogens is 2. The van der Waals surface area contributed by atoms with Gasteiger partial charge in [-0.1, -0.05) is 30.3 Å². The Morgan fingerprint density at radius 1 is 1.03 bits per heavy atom. The molecule has 1 saturated heterocycles. The number of methoxy groups -OCH3 is 1. The molecular formula is C23H26N4O3. The summed E-state index contributed by atoms with van der Waals surface area (Å²) in [6.45, 7) is 5.68. The molecule has 0 amide bonds. The van der Waals surface area contributed by atoms with Crippen molar-refractivity contribution < 1.29 is 14.3 Å². The van der Waals surface area contributed by atoms with Gasteiger partial charge < -0.3 is 14.4 Å². The van der Waals surface area contributed by atoms with Gasteiger partial charge in [-0.2, -0.15) is 4.98 Å². The molecular weight excluding hydrogens is 380 g/mol. The molecule has 0 bridgehead atoms. The lowest BCUT2D eigenvalue weighted by Gasteiger charge is -2.35. The first-order valence-electron chi connectivity index (χ1n) is 10.2. The standard InChI is InChI=1S/C23H26N4O3/c1-3-30-21(28)16-26-11-13-27(14-12-26)23-19(17-7-5-4-6-8-17)15-18-9-10-20(29-2)24-22(18)25-23/h4-10,15H,3,11-14,16H2,1-2H3. The molecule has 0 atom stereocenters. The Kier molecular flexibility index (Phi) is 6.09. The quantitative estimate of drug-likeness (QED) is 0.583. The molecule has 0 N–H and O–H groups in total. The predicted octanol–water partition coefficient (Wildman–Crippen LogP) is 2.99. The second kappa shape index (κ2) is 9.09. The minimum Gasteiger partial charge on any atom is -0.481 e. The van der Waals surface area contributed by atoms with Crippen LogP contribution in [-0.4, -0.2) is 67.3 Å². The highest BCUT2D eigenvalue weighted by Crippen LogP contribution is 2.33. The van der Waals surface area contributed by atoms with Crippen molar-refractivity contribution in [1.29, 1.82) is 0 Å². The first-order chi connectivity index (χ1) is 14.7. The van der Waals surface area contributed by atoms with E-state index in [-0.39, 0.29) is 5.97 Å². The highest BCUT2D eigenvalue weighted by molar-refractivity contribution is 5.88. The van der Waals surface area contributed by atoms with Crippen molar-refractivity contribution in [3.05, 3.63) is 48.5 Å². The number of rotatable bonds is 6. The van der Waals surface area contributed by atoms with Gasteiger partial charge >= 0.3 is 5.97 Å². The van der Waals surface area contributed by atoms with Crippen molar-refractivity contribution in [2.24, 2.45) is 0 Å². The van der Waals surface area contributed by atoms with Gasteiger partial charge in [-0.25, -0.2) is 4.98 Å². The molecule has 0 spiro atoms. The van der Waals surface area contributed by atoms with Crippen molar-refractivity contribution in [3.8, 4) is 17.0 Å². The molecule has 1 aromatic carbocycles. The van der Waals surface area contributed by atoms with Crippen molar-refractivity contribution in [2.75, 3.05) is 51.3 Å². The number of benzene rings is 1. The lowest BCUT2D eigenvalue weighted by atomic mass is 10.0. The molecule has 2 aromatic heterocycles. The topological polar surface area (TPSA) is 67.8 Å². The summed E-state index contributed by atoms with van der Waals surface area (Å²) in [6, 6.07) is 16.3. The van der Waals surface area contributed by atoms with Crippen molar-refractivity contribution in [3.63, 3.8) is 0 Å². The molecule has 0 radical (unpaired) electrons. The number of carbonyl (C=O) groups excluding carboxylic acids is 1. The Bertz CT molecular complexity index is 1020. The SMILES string of the molecule is CCOC(=O)CN1CCN(c2nc3nc(OC)ccc3cc2-c2ccccc2)CC1. The maximum atomic E-state index is 11.8. The third kappa shape index (κ3) is 4.36. The molecule has 3 heterocycles. The molecule has 1 aliphatic heterocycles. The predicted molar refractivity (Wildman–Crippen MR) is 117 cm³/mol. The van der Waals surface area contributed by atoms with Gasteiger partial charge in [0.05, 0.1) is 20.3 Å². The van der Waals surface area contributed by atoms with Gasteiger partial charge in [-0.05, 0) is 24.6 Å². The normalized spacial score (nSPS) is 14.7. The number of ether oxygens (including phenoxy) is 2. The van der Waals surface area contributed by atoms with Crippen molar-refractivity contribution in [2.45, 2.75) is 6.92 Å². The fourth-order valence-electron chi connectivity index (χ4n) is 3.72. The number of hydrogen-bond donors (Lipinski definition) is 0. The number of fused-ring (bicyclic) bond motifs is 1. The van der Waals surface area contributed by atoms with Gasteiger partial charge in [0.25, 0.3) is 0 Å². The highest BCUT2D eigenvalue weighted by Gasteiger charge is 2.23.